The van der Waals surface area contributed by atoms with Gasteiger partial charge in [0.25, 0.3) is 11.8 Å². The van der Waals surface area contributed by atoms with Crippen LogP contribution in [0.15, 0.2) is 47.1 Å². The highest BCUT2D eigenvalue weighted by molar-refractivity contribution is 5.98. The third-order valence-corrected chi connectivity index (χ3v) is 5.12. The minimum absolute atomic E-state index is 0.000597. The van der Waals surface area contributed by atoms with E-state index in [-0.39, 0.29) is 31.1 Å². The highest BCUT2D eigenvalue weighted by atomic mass is 16.5. The normalized spacial score (nSPS) is 13.7. The molecule has 1 aromatic heterocycles. The Hall–Kier alpha value is -4.19. The number of hydrogen-bond donors (Lipinski definition) is 5. The molecule has 12 heteroatoms. The first-order valence-electron chi connectivity index (χ1n) is 11.9. The minimum Gasteiger partial charge on any atom is -0.361 e. The summed E-state index contributed by atoms with van der Waals surface area (Å²) in [5, 5.41) is 16.2. The molecule has 0 radical (unpaired) electrons. The van der Waals surface area contributed by atoms with Gasteiger partial charge >= 0.3 is 0 Å². The third-order valence-electron chi connectivity index (χ3n) is 5.12. The number of nitrogens with one attached hydrogen (secondary N) is 5. The summed E-state index contributed by atoms with van der Waals surface area (Å²) in [6.45, 7) is 8.03. The monoisotopic (exact) mass is 511 g/mol. The van der Waals surface area contributed by atoms with Crippen molar-refractivity contribution in [2.75, 3.05) is 24.6 Å². The number of nitrogens with zero attached hydrogens (tertiary/aromatic N) is 2. The van der Waals surface area contributed by atoms with Crippen LogP contribution < -0.4 is 31.7 Å². The molecular weight excluding hydrogens is 478 g/mol. The van der Waals surface area contributed by atoms with Crippen molar-refractivity contribution in [3.63, 3.8) is 0 Å². The lowest BCUT2D eigenvalue weighted by atomic mass is 10.1. The molecule has 2 aromatic rings. The van der Waals surface area contributed by atoms with Crippen molar-refractivity contribution in [3.8, 4) is 0 Å². The summed E-state index contributed by atoms with van der Waals surface area (Å²) in [6.07, 6.45) is 3.57. The number of hydrazine groups is 1. The molecule has 1 aromatic carbocycles. The van der Waals surface area contributed by atoms with Gasteiger partial charge in [0.2, 0.25) is 11.8 Å². The van der Waals surface area contributed by atoms with Crippen LogP contribution in [0.25, 0.3) is 0 Å². The average molecular weight is 512 g/mol. The molecule has 0 bridgehead atoms. The third kappa shape index (κ3) is 8.46. The number of aromatic nitrogens is 1. The zero-order valence-electron chi connectivity index (χ0n) is 21.4. The van der Waals surface area contributed by atoms with Crippen LogP contribution >= 0.6 is 0 Å². The van der Waals surface area contributed by atoms with Gasteiger partial charge in [0, 0.05) is 43.0 Å². The number of carbonyl (C=O) groups excluding carboxylic acids is 4. The predicted octanol–water partition coefficient (Wildman–Crippen LogP) is 0.771. The van der Waals surface area contributed by atoms with Gasteiger partial charge < -0.3 is 25.8 Å². The lowest BCUT2D eigenvalue weighted by Crippen LogP contribution is -2.51. The Morgan fingerprint density at radius 1 is 1.11 bits per heavy atom. The summed E-state index contributed by atoms with van der Waals surface area (Å²) in [4.78, 5) is 50.4. The van der Waals surface area contributed by atoms with E-state index in [9.17, 15) is 19.2 Å². The van der Waals surface area contributed by atoms with E-state index in [1.807, 2.05) is 44.1 Å². The Balaban J connectivity index is 1.54. The topological polar surface area (TPSA) is 158 Å². The van der Waals surface area contributed by atoms with Crippen molar-refractivity contribution in [2.24, 2.45) is 0 Å². The highest BCUT2D eigenvalue weighted by Crippen LogP contribution is 2.16. The first-order valence-corrected chi connectivity index (χ1v) is 11.9. The quantitative estimate of drug-likeness (QED) is 0.293. The second-order valence-electron chi connectivity index (χ2n) is 9.57. The van der Waals surface area contributed by atoms with Crippen LogP contribution in [0.5, 0.6) is 0 Å². The van der Waals surface area contributed by atoms with Gasteiger partial charge in [-0.2, -0.15) is 0 Å². The van der Waals surface area contributed by atoms with Crippen molar-refractivity contribution in [1.82, 2.24) is 31.8 Å². The maximum atomic E-state index is 12.8. The van der Waals surface area contributed by atoms with E-state index in [0.717, 1.165) is 5.69 Å². The maximum Gasteiger partial charge on any atom is 0.274 e. The number of aryl methyl sites for hydroxylation is 1. The smallest absolute Gasteiger partial charge is 0.274 e. The maximum absolute atomic E-state index is 12.8. The second-order valence-corrected chi connectivity index (χ2v) is 9.57. The van der Waals surface area contributed by atoms with Crippen LogP contribution in [-0.4, -0.2) is 60.0 Å². The van der Waals surface area contributed by atoms with E-state index < -0.39 is 29.3 Å². The predicted molar refractivity (Wildman–Crippen MR) is 136 cm³/mol. The molecule has 3 rings (SSSR count). The fraction of sp³-hybridized carbons (Fsp3) is 0.400. The molecule has 0 saturated carbocycles. The van der Waals surface area contributed by atoms with E-state index in [1.54, 1.807) is 25.1 Å². The summed E-state index contributed by atoms with van der Waals surface area (Å²) in [5.74, 6) is -1.47. The number of anilines is 1. The van der Waals surface area contributed by atoms with Gasteiger partial charge in [-0.15, -0.1) is 0 Å². The Morgan fingerprint density at radius 2 is 1.86 bits per heavy atom. The molecule has 37 heavy (non-hydrogen) atoms. The van der Waals surface area contributed by atoms with Crippen molar-refractivity contribution < 1.29 is 23.7 Å². The fourth-order valence-corrected chi connectivity index (χ4v) is 3.49. The molecule has 0 aliphatic carbocycles. The van der Waals surface area contributed by atoms with Gasteiger partial charge in [-0.1, -0.05) is 17.3 Å². The van der Waals surface area contributed by atoms with E-state index in [1.165, 1.54) is 6.07 Å². The van der Waals surface area contributed by atoms with Crippen LogP contribution in [0.3, 0.4) is 0 Å². The number of rotatable bonds is 10. The van der Waals surface area contributed by atoms with Crippen LogP contribution in [0.4, 0.5) is 5.69 Å². The van der Waals surface area contributed by atoms with Gasteiger partial charge in [0.05, 0.1) is 12.1 Å². The molecule has 0 unspecified atom stereocenters. The molecule has 4 amide bonds. The van der Waals surface area contributed by atoms with Crippen molar-refractivity contribution >= 4 is 29.3 Å². The number of hydrogen-bond acceptors (Lipinski definition) is 8. The van der Waals surface area contributed by atoms with E-state index in [4.69, 9.17) is 4.52 Å². The average Bonchev–Trinajstić information content (AvgIpc) is 3.52. The van der Waals surface area contributed by atoms with E-state index in [2.05, 4.69) is 31.8 Å². The molecule has 12 nitrogen and oxygen atoms in total. The zero-order chi connectivity index (χ0) is 27.0. The Bertz CT molecular complexity index is 1170. The minimum atomic E-state index is -1.15. The molecule has 2 heterocycles. The standard InChI is InChI=1S/C25H33N7O5/c1-16-13-20(31-37-16)24(36)29-19(15-21(33)30-25(2,3)4)23(35)27-11-10-26-22(34)17-7-5-8-18(14-17)32-12-6-9-28-32/h5-8,12-14,19,28H,9-11,15H2,1-4H3,(H,26,34)(H,27,35)(H,29,36)(H,30,33)/t19-/m0/s1. The summed E-state index contributed by atoms with van der Waals surface area (Å²) in [7, 11) is 0. The van der Waals surface area contributed by atoms with Crippen molar-refractivity contribution in [2.45, 2.75) is 45.7 Å². The lowest BCUT2D eigenvalue weighted by Gasteiger charge is -2.23. The molecule has 0 saturated heterocycles. The van der Waals surface area contributed by atoms with E-state index in [0.29, 0.717) is 17.9 Å². The van der Waals surface area contributed by atoms with Crippen LogP contribution in [0.1, 0.15) is 53.8 Å². The zero-order valence-corrected chi connectivity index (χ0v) is 21.4. The Kier molecular flexibility index (Phi) is 9.01. The van der Waals surface area contributed by atoms with Gasteiger partial charge in [-0.25, -0.2) is 5.43 Å². The highest BCUT2D eigenvalue weighted by Gasteiger charge is 2.27. The van der Waals surface area contributed by atoms with Crippen molar-refractivity contribution in [1.29, 1.82) is 0 Å². The van der Waals surface area contributed by atoms with E-state index >= 15 is 0 Å². The summed E-state index contributed by atoms with van der Waals surface area (Å²) < 4.78 is 4.91. The van der Waals surface area contributed by atoms with Crippen LogP contribution in [-0.2, 0) is 9.59 Å². The van der Waals surface area contributed by atoms with Crippen molar-refractivity contribution in [3.05, 3.63) is 59.6 Å². The summed E-state index contributed by atoms with van der Waals surface area (Å²) >= 11 is 0. The number of benzene rings is 1. The summed E-state index contributed by atoms with van der Waals surface area (Å²) in [6, 6.07) is 7.39. The van der Waals surface area contributed by atoms with Gasteiger partial charge in [-0.3, -0.25) is 24.2 Å². The largest absolute Gasteiger partial charge is 0.361 e. The number of carbonyl (C=O) groups is 4. The van der Waals surface area contributed by atoms with Gasteiger partial charge in [0.15, 0.2) is 5.69 Å². The number of amides is 4. The Labute approximate surface area is 215 Å². The second kappa shape index (κ2) is 12.2. The lowest BCUT2D eigenvalue weighted by molar-refractivity contribution is -0.128. The summed E-state index contributed by atoms with van der Waals surface area (Å²) in [5.41, 5.74) is 3.93. The SMILES string of the molecule is Cc1cc(C(=O)N[C@@H](CC(=O)NC(C)(C)C)C(=O)NCCNC(=O)c2cccc(N3C=CCN3)c2)no1. The molecular formula is C25H33N7O5. The molecule has 5 N–H and O–H groups in total. The van der Waals surface area contributed by atoms with Gasteiger partial charge in [0.1, 0.15) is 11.8 Å². The molecule has 1 aliphatic rings. The molecule has 1 atom stereocenters. The fourth-order valence-electron chi connectivity index (χ4n) is 3.49. The van der Waals surface area contributed by atoms with Crippen LogP contribution in [0, 0.1) is 6.92 Å². The van der Waals surface area contributed by atoms with Crippen LogP contribution in [0.2, 0.25) is 0 Å². The molecule has 0 fully saturated rings. The first-order chi connectivity index (χ1) is 17.5. The molecule has 198 valence electrons. The first kappa shape index (κ1) is 27.4. The Morgan fingerprint density at radius 3 is 2.51 bits per heavy atom. The molecule has 1 aliphatic heterocycles. The molecule has 0 spiro atoms. The van der Waals surface area contributed by atoms with Gasteiger partial charge in [-0.05, 0) is 45.9 Å².